The molecule has 2 heterocycles. The van der Waals surface area contributed by atoms with Crippen molar-refractivity contribution in [2.45, 2.75) is 60.1 Å². The monoisotopic (exact) mass is 628 g/mol. The zero-order chi connectivity index (χ0) is 33.4. The van der Waals surface area contributed by atoms with Gasteiger partial charge in [0.2, 0.25) is 11.8 Å². The molecule has 45 heavy (non-hydrogen) atoms. The van der Waals surface area contributed by atoms with E-state index in [2.05, 4.69) is 15.7 Å². The summed E-state index contributed by atoms with van der Waals surface area (Å²) in [4.78, 5) is 67.2. The van der Waals surface area contributed by atoms with Crippen LogP contribution in [-0.2, 0) is 19.1 Å². The Labute approximate surface area is 263 Å². The first-order valence-electron chi connectivity index (χ1n) is 14.9. The number of piperazine rings is 1. The number of ether oxygens (including phenoxy) is 3. The summed E-state index contributed by atoms with van der Waals surface area (Å²) in [7, 11) is 0. The number of hydrogen-bond acceptors (Lipinski definition) is 9. The van der Waals surface area contributed by atoms with Gasteiger partial charge >= 0.3 is 12.2 Å². The molecule has 0 saturated carbocycles. The highest BCUT2D eigenvalue weighted by molar-refractivity contribution is 5.96. The minimum Gasteiger partial charge on any atom is -0.470 e. The van der Waals surface area contributed by atoms with Gasteiger partial charge in [0.15, 0.2) is 11.5 Å². The highest BCUT2D eigenvalue weighted by Crippen LogP contribution is 2.22. The van der Waals surface area contributed by atoms with Crippen LogP contribution in [0.3, 0.4) is 0 Å². The lowest BCUT2D eigenvalue weighted by Crippen LogP contribution is -2.58. The summed E-state index contributed by atoms with van der Waals surface area (Å²) in [6.07, 6.45) is -1.22. The third kappa shape index (κ3) is 10.2. The fourth-order valence-electron chi connectivity index (χ4n) is 4.16. The molecule has 14 nitrogen and oxygen atoms in total. The van der Waals surface area contributed by atoms with E-state index in [0.29, 0.717) is 5.69 Å². The van der Waals surface area contributed by atoms with Crippen molar-refractivity contribution in [2.24, 2.45) is 5.41 Å². The van der Waals surface area contributed by atoms with Gasteiger partial charge in [-0.3, -0.25) is 14.4 Å². The number of amides is 4. The van der Waals surface area contributed by atoms with Crippen molar-refractivity contribution in [3.8, 4) is 11.6 Å². The summed E-state index contributed by atoms with van der Waals surface area (Å²) >= 11 is 0. The first kappa shape index (κ1) is 34.9. The smallest absolute Gasteiger partial charge is 0.409 e. The van der Waals surface area contributed by atoms with Crippen LogP contribution in [0.2, 0.25) is 0 Å². The third-order valence-corrected chi connectivity index (χ3v) is 6.67. The molecule has 0 spiro atoms. The number of para-hydroxylation sites is 1. The molecule has 0 radical (unpaired) electrons. The van der Waals surface area contributed by atoms with E-state index in [0.717, 1.165) is 0 Å². The second kappa shape index (κ2) is 14.9. The minimum absolute atomic E-state index is 0.0701. The average Bonchev–Trinajstić information content (AvgIpc) is 3.41. The van der Waals surface area contributed by atoms with Gasteiger partial charge in [-0.15, -0.1) is 0 Å². The molecule has 1 aliphatic rings. The van der Waals surface area contributed by atoms with Gasteiger partial charge in [0, 0.05) is 37.7 Å². The van der Waals surface area contributed by atoms with Crippen molar-refractivity contribution < 1.29 is 38.2 Å². The minimum atomic E-state index is -1.19. The van der Waals surface area contributed by atoms with E-state index >= 15 is 0 Å². The fourth-order valence-corrected chi connectivity index (χ4v) is 4.16. The Morgan fingerprint density at radius 3 is 2.13 bits per heavy atom. The molecule has 2 N–H and O–H groups in total. The highest BCUT2D eigenvalue weighted by Gasteiger charge is 2.32. The molecule has 246 valence electrons. The molecule has 14 heteroatoms. The first-order valence-corrected chi connectivity index (χ1v) is 14.9. The van der Waals surface area contributed by atoms with Crippen LogP contribution in [0.25, 0.3) is 5.69 Å². The second-order valence-electron chi connectivity index (χ2n) is 12.5. The Balaban J connectivity index is 1.82. The zero-order valence-electron chi connectivity index (χ0n) is 27.0. The van der Waals surface area contributed by atoms with Crippen LogP contribution in [0.4, 0.5) is 9.59 Å². The Bertz CT molecular complexity index is 1350. The predicted molar refractivity (Wildman–Crippen MR) is 164 cm³/mol. The lowest BCUT2D eigenvalue weighted by Gasteiger charge is -2.36. The van der Waals surface area contributed by atoms with Crippen LogP contribution in [0.5, 0.6) is 5.88 Å². The number of nitrogens with one attached hydrogen (secondary N) is 2. The molecular formula is C31H44N6O8. The van der Waals surface area contributed by atoms with Gasteiger partial charge in [-0.1, -0.05) is 39.0 Å². The molecule has 1 unspecified atom stereocenters. The summed E-state index contributed by atoms with van der Waals surface area (Å²) < 4.78 is 17.6. The molecule has 0 aliphatic carbocycles. The number of ketones is 1. The van der Waals surface area contributed by atoms with Gasteiger partial charge < -0.3 is 34.6 Å². The molecule has 1 atom stereocenters. The maximum Gasteiger partial charge on any atom is 0.409 e. The molecule has 3 rings (SSSR count). The molecular weight excluding hydrogens is 584 g/mol. The largest absolute Gasteiger partial charge is 0.470 e. The van der Waals surface area contributed by atoms with Crippen LogP contribution in [0, 0.1) is 5.41 Å². The topological polar surface area (TPSA) is 161 Å². The van der Waals surface area contributed by atoms with E-state index in [1.807, 2.05) is 6.07 Å². The SMILES string of the molecule is CCOC(=O)N1CCN(C(=O)C(CNC(=O)OC(C)(C)C)NC(=O)c2cc(OCC(=O)C(C)(C)C)n(-c3ccccc3)n2)CC1. The van der Waals surface area contributed by atoms with Crippen LogP contribution in [0.15, 0.2) is 36.4 Å². The Morgan fingerprint density at radius 2 is 1.56 bits per heavy atom. The molecule has 1 saturated heterocycles. The van der Waals surface area contributed by atoms with Crippen molar-refractivity contribution >= 4 is 29.8 Å². The maximum absolute atomic E-state index is 13.6. The highest BCUT2D eigenvalue weighted by atomic mass is 16.6. The van der Waals surface area contributed by atoms with Gasteiger partial charge in [0.25, 0.3) is 5.91 Å². The van der Waals surface area contributed by atoms with Crippen molar-refractivity contribution in [1.82, 2.24) is 30.2 Å². The number of alkyl carbamates (subject to hydrolysis) is 1. The van der Waals surface area contributed by atoms with Crippen molar-refractivity contribution in [2.75, 3.05) is 45.9 Å². The summed E-state index contributed by atoms with van der Waals surface area (Å²) in [5.41, 5.74) is -0.882. The summed E-state index contributed by atoms with van der Waals surface area (Å²) in [5.74, 6) is -1.14. The molecule has 2 aromatic rings. The lowest BCUT2D eigenvalue weighted by molar-refractivity contribution is -0.134. The molecule has 1 aromatic carbocycles. The number of Topliss-reactive ketones (excluding diaryl/α,β-unsaturated/α-hetero) is 1. The van der Waals surface area contributed by atoms with Gasteiger partial charge in [-0.05, 0) is 39.8 Å². The molecule has 1 fully saturated rings. The third-order valence-electron chi connectivity index (χ3n) is 6.67. The Kier molecular flexibility index (Phi) is 11.5. The van der Waals surface area contributed by atoms with Gasteiger partial charge in [-0.25, -0.2) is 14.3 Å². The zero-order valence-corrected chi connectivity index (χ0v) is 27.0. The van der Waals surface area contributed by atoms with Crippen LogP contribution < -0.4 is 15.4 Å². The van der Waals surface area contributed by atoms with Crippen molar-refractivity contribution in [1.29, 1.82) is 0 Å². The van der Waals surface area contributed by atoms with Gasteiger partial charge in [0.05, 0.1) is 18.8 Å². The molecule has 0 bridgehead atoms. The number of benzene rings is 1. The fraction of sp³-hybridized carbons (Fsp3) is 0.548. The normalized spacial score (nSPS) is 14.3. The Hall–Kier alpha value is -4.62. The van der Waals surface area contributed by atoms with E-state index < -0.39 is 41.1 Å². The van der Waals surface area contributed by atoms with Crippen molar-refractivity contribution in [3.05, 3.63) is 42.1 Å². The van der Waals surface area contributed by atoms with Crippen LogP contribution >= 0.6 is 0 Å². The number of carbonyl (C=O) groups is 5. The standard InChI is InChI=1S/C31H44N6O8/c1-8-43-29(42)36-16-14-35(15-17-36)27(40)23(19-32-28(41)45-31(5,6)7)33-26(39)22-18-25(44-20-24(38)30(2,3)4)37(34-22)21-12-10-9-11-13-21/h9-13,18,23H,8,14-17,19-20H2,1-7H3,(H,32,41)(H,33,39). The first-order chi connectivity index (χ1) is 21.1. The van der Waals surface area contributed by atoms with Crippen molar-refractivity contribution in [3.63, 3.8) is 0 Å². The Morgan fingerprint density at radius 1 is 0.933 bits per heavy atom. The van der Waals surface area contributed by atoms with Crippen LogP contribution in [0.1, 0.15) is 59.0 Å². The molecule has 1 aromatic heterocycles. The van der Waals surface area contributed by atoms with Gasteiger partial charge in [-0.2, -0.15) is 5.10 Å². The number of rotatable bonds is 10. The van der Waals surface area contributed by atoms with E-state index in [-0.39, 0.29) is 63.3 Å². The van der Waals surface area contributed by atoms with E-state index in [1.165, 1.54) is 20.5 Å². The average molecular weight is 629 g/mol. The number of hydrogen-bond donors (Lipinski definition) is 2. The summed E-state index contributed by atoms with van der Waals surface area (Å²) in [5, 5.41) is 9.64. The van der Waals surface area contributed by atoms with Crippen LogP contribution in [-0.4, -0.2) is 107 Å². The predicted octanol–water partition coefficient (Wildman–Crippen LogP) is 2.79. The summed E-state index contributed by atoms with van der Waals surface area (Å²) in [6.45, 7) is 12.8. The number of aromatic nitrogens is 2. The lowest BCUT2D eigenvalue weighted by atomic mass is 9.91. The summed E-state index contributed by atoms with van der Waals surface area (Å²) in [6, 6.07) is 9.14. The number of nitrogens with zero attached hydrogens (tertiary/aromatic N) is 4. The van der Waals surface area contributed by atoms with E-state index in [9.17, 15) is 24.0 Å². The second-order valence-corrected chi connectivity index (χ2v) is 12.5. The molecule has 4 amide bonds. The van der Waals surface area contributed by atoms with E-state index in [4.69, 9.17) is 14.2 Å². The quantitative estimate of drug-likeness (QED) is 0.403. The molecule has 1 aliphatic heterocycles. The number of carbonyl (C=O) groups excluding carboxylic acids is 5. The van der Waals surface area contributed by atoms with Gasteiger partial charge in [0.1, 0.15) is 18.2 Å². The van der Waals surface area contributed by atoms with E-state index in [1.54, 1.807) is 72.7 Å². The maximum atomic E-state index is 13.6.